The second-order valence-electron chi connectivity index (χ2n) is 6.99. The normalized spacial score (nSPS) is 25.0. The number of hydrogen-bond acceptors (Lipinski definition) is 12. The van der Waals surface area contributed by atoms with Crippen LogP contribution < -0.4 is 14.2 Å². The molecule has 184 valence electrons. The lowest BCUT2D eigenvalue weighted by molar-refractivity contribution is -0.282. The maximum absolute atomic E-state index is 12.1. The van der Waals surface area contributed by atoms with E-state index in [4.69, 9.17) is 33.9 Å². The monoisotopic (exact) mass is 472 g/mol. The summed E-state index contributed by atoms with van der Waals surface area (Å²) in [6.07, 6.45) is -5.47. The molecule has 5 N–H and O–H groups in total. The van der Waals surface area contributed by atoms with E-state index in [0.717, 1.165) is 0 Å². The molecular weight excluding hydrogens is 444 g/mol. The number of aliphatic hydroxyl groups is 5. The molecule has 1 heterocycles. The quantitative estimate of drug-likeness (QED) is 0.184. The molecule has 0 aromatic heterocycles. The number of esters is 1. The molecule has 5 atom stereocenters. The Labute approximate surface area is 189 Å². The van der Waals surface area contributed by atoms with Crippen molar-refractivity contribution in [2.75, 3.05) is 34.0 Å². The summed E-state index contributed by atoms with van der Waals surface area (Å²) in [5.74, 6) is -1.57. The van der Waals surface area contributed by atoms with Crippen molar-refractivity contribution in [3.63, 3.8) is 0 Å². The van der Waals surface area contributed by atoms with Crippen LogP contribution in [0.2, 0.25) is 0 Å². The fraction of sp³-hybridized carbons (Fsp3) is 0.524. The minimum absolute atomic E-state index is 0.00101. The second kappa shape index (κ2) is 12.5. The second-order valence-corrected chi connectivity index (χ2v) is 6.99. The predicted octanol–water partition coefficient (Wildman–Crippen LogP) is -1.61. The van der Waals surface area contributed by atoms with Crippen molar-refractivity contribution in [3.05, 3.63) is 23.8 Å². The average Bonchev–Trinajstić information content (AvgIpc) is 2.82. The van der Waals surface area contributed by atoms with Gasteiger partial charge in [0.1, 0.15) is 31.3 Å². The summed E-state index contributed by atoms with van der Waals surface area (Å²) in [5, 5.41) is 48.0. The number of carbonyl (C=O) groups is 2. The topological polar surface area (TPSA) is 181 Å². The summed E-state index contributed by atoms with van der Waals surface area (Å²) in [7, 11) is 2.71. The minimum Gasteiger partial charge on any atom is -0.493 e. The summed E-state index contributed by atoms with van der Waals surface area (Å²) < 4.78 is 27.1. The Hall–Kier alpha value is -2.74. The summed E-state index contributed by atoms with van der Waals surface area (Å²) in [5.41, 5.74) is 0.601. The van der Waals surface area contributed by atoms with Gasteiger partial charge < -0.3 is 49.2 Å². The first kappa shape index (κ1) is 26.5. The van der Waals surface area contributed by atoms with Gasteiger partial charge in [0.2, 0.25) is 12.0 Å². The van der Waals surface area contributed by atoms with Crippen LogP contribution in [0, 0.1) is 0 Å². The van der Waals surface area contributed by atoms with E-state index in [-0.39, 0.29) is 23.9 Å². The van der Waals surface area contributed by atoms with Crippen LogP contribution in [-0.4, -0.2) is 102 Å². The van der Waals surface area contributed by atoms with Crippen LogP contribution in [0.5, 0.6) is 17.2 Å². The first-order chi connectivity index (χ1) is 15.8. The first-order valence-corrected chi connectivity index (χ1v) is 9.94. The van der Waals surface area contributed by atoms with Gasteiger partial charge in [-0.15, -0.1) is 0 Å². The van der Waals surface area contributed by atoms with Crippen LogP contribution >= 0.6 is 0 Å². The Morgan fingerprint density at radius 3 is 2.21 bits per heavy atom. The van der Waals surface area contributed by atoms with Crippen LogP contribution in [0.4, 0.5) is 0 Å². The van der Waals surface area contributed by atoms with E-state index in [1.54, 1.807) is 18.2 Å². The fourth-order valence-corrected chi connectivity index (χ4v) is 3.10. The zero-order valence-corrected chi connectivity index (χ0v) is 18.1. The van der Waals surface area contributed by atoms with Crippen molar-refractivity contribution in [1.29, 1.82) is 0 Å². The highest BCUT2D eigenvalue weighted by molar-refractivity contribution is 5.96. The van der Waals surface area contributed by atoms with Gasteiger partial charge in [-0.05, 0) is 17.7 Å². The van der Waals surface area contributed by atoms with E-state index in [1.807, 2.05) is 0 Å². The Kier molecular flexibility index (Phi) is 10.0. The third kappa shape index (κ3) is 6.63. The maximum Gasteiger partial charge on any atom is 0.314 e. The van der Waals surface area contributed by atoms with Gasteiger partial charge in [-0.2, -0.15) is 0 Å². The molecule has 1 aromatic rings. The number of ketones is 1. The third-order valence-corrected chi connectivity index (χ3v) is 4.74. The predicted molar refractivity (Wildman–Crippen MR) is 111 cm³/mol. The number of rotatable bonds is 11. The SMILES string of the molecule is COc1cc(/C=C/CO)cc(OC)c1OC1OC(CO)C(O)C(O)C1OC(=O)CC(=O)CO. The number of benzene rings is 1. The molecule has 5 unspecified atom stereocenters. The Morgan fingerprint density at radius 1 is 1.06 bits per heavy atom. The molecule has 1 aliphatic rings. The van der Waals surface area contributed by atoms with E-state index in [9.17, 15) is 24.9 Å². The molecule has 1 fully saturated rings. The van der Waals surface area contributed by atoms with Crippen LogP contribution in [0.15, 0.2) is 18.2 Å². The molecule has 1 saturated heterocycles. The molecule has 0 amide bonds. The van der Waals surface area contributed by atoms with E-state index < -0.39 is 62.1 Å². The van der Waals surface area contributed by atoms with Gasteiger partial charge in [0, 0.05) is 0 Å². The van der Waals surface area contributed by atoms with Crippen LogP contribution in [0.25, 0.3) is 6.08 Å². The lowest BCUT2D eigenvalue weighted by Crippen LogP contribution is -2.61. The smallest absolute Gasteiger partial charge is 0.314 e. The Morgan fingerprint density at radius 2 is 1.70 bits per heavy atom. The van der Waals surface area contributed by atoms with Crippen LogP contribution in [-0.2, 0) is 19.1 Å². The zero-order valence-electron chi connectivity index (χ0n) is 18.1. The summed E-state index contributed by atoms with van der Waals surface area (Å²) in [6.45, 7) is -1.74. The van der Waals surface area contributed by atoms with E-state index in [1.165, 1.54) is 20.3 Å². The van der Waals surface area contributed by atoms with Gasteiger partial charge >= 0.3 is 5.97 Å². The van der Waals surface area contributed by atoms with Gasteiger partial charge in [-0.25, -0.2) is 0 Å². The summed E-state index contributed by atoms with van der Waals surface area (Å²) in [4.78, 5) is 23.4. The molecule has 12 nitrogen and oxygen atoms in total. The highest BCUT2D eigenvalue weighted by Crippen LogP contribution is 2.41. The number of methoxy groups -OCH3 is 2. The number of Topliss-reactive ketones (excluding diaryl/α,β-unsaturated/α-hetero) is 1. The Bertz CT molecular complexity index is 814. The average molecular weight is 472 g/mol. The molecule has 0 aliphatic carbocycles. The number of aliphatic hydroxyl groups excluding tert-OH is 5. The lowest BCUT2D eigenvalue weighted by Gasteiger charge is -2.41. The van der Waals surface area contributed by atoms with Crippen molar-refractivity contribution in [3.8, 4) is 17.2 Å². The van der Waals surface area contributed by atoms with Crippen LogP contribution in [0.1, 0.15) is 12.0 Å². The number of ether oxygens (including phenoxy) is 5. The lowest BCUT2D eigenvalue weighted by atomic mass is 9.99. The fourth-order valence-electron chi connectivity index (χ4n) is 3.10. The molecule has 2 rings (SSSR count). The highest BCUT2D eigenvalue weighted by atomic mass is 16.7. The molecule has 12 heteroatoms. The van der Waals surface area contributed by atoms with Gasteiger partial charge in [0.15, 0.2) is 23.4 Å². The standard InChI is InChI=1S/C21H28O12/c1-29-13-6-11(4-3-5-22)7-14(30-2)19(13)33-21-20(32-16(26)8-12(25)9-23)18(28)17(27)15(10-24)31-21/h3-4,6-7,15,17-18,20-24,27-28H,5,8-10H2,1-2H3/b4-3+. The van der Waals surface area contributed by atoms with Gasteiger partial charge in [0.05, 0.1) is 27.4 Å². The van der Waals surface area contributed by atoms with E-state index >= 15 is 0 Å². The largest absolute Gasteiger partial charge is 0.493 e. The van der Waals surface area contributed by atoms with Gasteiger partial charge in [-0.1, -0.05) is 12.2 Å². The molecule has 0 spiro atoms. The molecule has 1 aliphatic heterocycles. The van der Waals surface area contributed by atoms with Crippen molar-refractivity contribution < 1.29 is 58.8 Å². The molecule has 33 heavy (non-hydrogen) atoms. The molecular formula is C21H28O12. The van der Waals surface area contributed by atoms with Crippen molar-refractivity contribution in [2.45, 2.75) is 37.1 Å². The third-order valence-electron chi connectivity index (χ3n) is 4.74. The van der Waals surface area contributed by atoms with Crippen molar-refractivity contribution >= 4 is 17.8 Å². The van der Waals surface area contributed by atoms with Crippen molar-refractivity contribution in [2.24, 2.45) is 0 Å². The highest BCUT2D eigenvalue weighted by Gasteiger charge is 2.48. The summed E-state index contributed by atoms with van der Waals surface area (Å²) >= 11 is 0. The zero-order chi connectivity index (χ0) is 24.5. The molecule has 0 radical (unpaired) electrons. The maximum atomic E-state index is 12.1. The Balaban J connectivity index is 2.39. The molecule has 0 bridgehead atoms. The van der Waals surface area contributed by atoms with Gasteiger partial charge in [0.25, 0.3) is 0 Å². The first-order valence-electron chi connectivity index (χ1n) is 9.94. The van der Waals surface area contributed by atoms with E-state index in [0.29, 0.717) is 5.56 Å². The number of carbonyl (C=O) groups excluding carboxylic acids is 2. The van der Waals surface area contributed by atoms with Crippen molar-refractivity contribution in [1.82, 2.24) is 0 Å². The number of hydrogen-bond donors (Lipinski definition) is 5. The molecule has 0 saturated carbocycles. The van der Waals surface area contributed by atoms with Gasteiger partial charge in [-0.3, -0.25) is 9.59 Å². The minimum atomic E-state index is -1.74. The molecule has 1 aromatic carbocycles. The summed E-state index contributed by atoms with van der Waals surface area (Å²) in [6, 6.07) is 3.12. The van der Waals surface area contributed by atoms with Crippen LogP contribution in [0.3, 0.4) is 0 Å². The van der Waals surface area contributed by atoms with E-state index in [2.05, 4.69) is 0 Å².